The lowest BCUT2D eigenvalue weighted by Crippen LogP contribution is -2.27. The fourth-order valence-electron chi connectivity index (χ4n) is 1.87. The summed E-state index contributed by atoms with van der Waals surface area (Å²) in [4.78, 5) is 19.1. The maximum atomic E-state index is 11.7. The fraction of sp³-hybridized carbons (Fsp3) is 0.333. The third kappa shape index (κ3) is 3.93. The van der Waals surface area contributed by atoms with Crippen LogP contribution in [0.1, 0.15) is 26.0 Å². The third-order valence-electron chi connectivity index (χ3n) is 2.74. The van der Waals surface area contributed by atoms with Crippen molar-refractivity contribution in [3.8, 4) is 11.4 Å². The van der Waals surface area contributed by atoms with Crippen LogP contribution in [0.2, 0.25) is 0 Å². The van der Waals surface area contributed by atoms with Gasteiger partial charge in [-0.05, 0) is 45.0 Å². The Balaban J connectivity index is 2.03. The molecule has 0 spiro atoms. The highest BCUT2D eigenvalue weighted by Crippen LogP contribution is 2.19. The van der Waals surface area contributed by atoms with Gasteiger partial charge in [-0.25, -0.2) is 4.98 Å². The number of aromatic nitrogens is 2. The molecule has 0 saturated carbocycles. The normalized spacial score (nSPS) is 11.4. The first kappa shape index (κ1) is 14.3. The molecule has 0 bridgehead atoms. The van der Waals surface area contributed by atoms with Gasteiger partial charge in [-0.1, -0.05) is 0 Å². The molecule has 1 amide bonds. The number of rotatable bonds is 4. The van der Waals surface area contributed by atoms with Crippen LogP contribution in [-0.4, -0.2) is 26.6 Å². The molecule has 20 heavy (non-hydrogen) atoms. The number of nitrogens with one attached hydrogen (secondary N) is 2. The summed E-state index contributed by atoms with van der Waals surface area (Å²) < 4.78 is 0. The van der Waals surface area contributed by atoms with Crippen LogP contribution in [0.5, 0.6) is 0 Å². The van der Waals surface area contributed by atoms with Crippen LogP contribution >= 0.6 is 0 Å². The third-order valence-corrected chi connectivity index (χ3v) is 2.74. The molecule has 1 heterocycles. The summed E-state index contributed by atoms with van der Waals surface area (Å²) >= 11 is 0. The average Bonchev–Trinajstić information content (AvgIpc) is 2.74. The van der Waals surface area contributed by atoms with Crippen molar-refractivity contribution in [3.05, 3.63) is 36.2 Å². The van der Waals surface area contributed by atoms with Gasteiger partial charge in [0.1, 0.15) is 5.82 Å². The lowest BCUT2D eigenvalue weighted by atomic mass is 10.1. The number of aromatic amines is 1. The molecule has 1 aromatic heterocycles. The van der Waals surface area contributed by atoms with E-state index in [0.29, 0.717) is 5.69 Å². The van der Waals surface area contributed by atoms with Crippen molar-refractivity contribution in [3.63, 3.8) is 0 Å². The highest BCUT2D eigenvalue weighted by molar-refractivity contribution is 5.91. The predicted molar refractivity (Wildman–Crippen MR) is 78.3 cm³/mol. The number of aryl methyl sites for hydroxylation is 1. The molecule has 5 nitrogen and oxygen atoms in total. The minimum Gasteiger partial charge on any atom is -0.390 e. The quantitative estimate of drug-likeness (QED) is 0.800. The van der Waals surface area contributed by atoms with Gasteiger partial charge in [-0.15, -0.1) is 0 Å². The minimum absolute atomic E-state index is 0.0616. The Hall–Kier alpha value is -2.14. The van der Waals surface area contributed by atoms with E-state index < -0.39 is 5.60 Å². The standard InChI is InChI=1S/C15H19N3O2/c1-10-9-16-14(17-10)11-4-6-12(7-5-11)18-13(19)8-15(2,3)20/h4-7,9,20H,8H2,1-3H3,(H,16,17)(H,18,19). The maximum absolute atomic E-state index is 11.7. The number of H-pyrrole nitrogens is 1. The molecular weight excluding hydrogens is 254 g/mol. The molecular formula is C15H19N3O2. The second kappa shape index (κ2) is 5.46. The van der Waals surface area contributed by atoms with E-state index in [1.165, 1.54) is 0 Å². The Bertz CT molecular complexity index is 594. The van der Waals surface area contributed by atoms with Gasteiger partial charge in [0.2, 0.25) is 5.91 Å². The zero-order chi connectivity index (χ0) is 14.8. The average molecular weight is 273 g/mol. The SMILES string of the molecule is Cc1cnc(-c2ccc(NC(=O)CC(C)(C)O)cc2)[nH]1. The minimum atomic E-state index is -1.00. The van der Waals surface area contributed by atoms with E-state index in [1.54, 1.807) is 20.0 Å². The highest BCUT2D eigenvalue weighted by atomic mass is 16.3. The monoisotopic (exact) mass is 273 g/mol. The van der Waals surface area contributed by atoms with Crippen LogP contribution in [0.3, 0.4) is 0 Å². The molecule has 0 aliphatic carbocycles. The number of aliphatic hydroxyl groups is 1. The first-order valence-electron chi connectivity index (χ1n) is 6.48. The molecule has 2 aromatic rings. The number of amides is 1. The Morgan fingerprint density at radius 3 is 2.50 bits per heavy atom. The zero-order valence-corrected chi connectivity index (χ0v) is 11.9. The van der Waals surface area contributed by atoms with Gasteiger partial charge >= 0.3 is 0 Å². The second-order valence-corrected chi connectivity index (χ2v) is 5.53. The van der Waals surface area contributed by atoms with Crippen LogP contribution in [0.25, 0.3) is 11.4 Å². The van der Waals surface area contributed by atoms with Crippen LogP contribution < -0.4 is 5.32 Å². The first-order chi connectivity index (χ1) is 9.33. The molecule has 0 aliphatic rings. The predicted octanol–water partition coefficient (Wildman–Crippen LogP) is 2.48. The molecule has 0 aliphatic heterocycles. The first-order valence-corrected chi connectivity index (χ1v) is 6.48. The van der Waals surface area contributed by atoms with E-state index in [-0.39, 0.29) is 12.3 Å². The number of benzene rings is 1. The largest absolute Gasteiger partial charge is 0.390 e. The topological polar surface area (TPSA) is 78.0 Å². The van der Waals surface area contributed by atoms with Crippen LogP contribution in [0, 0.1) is 6.92 Å². The molecule has 3 N–H and O–H groups in total. The van der Waals surface area contributed by atoms with E-state index in [1.807, 2.05) is 31.2 Å². The number of nitrogens with zero attached hydrogens (tertiary/aromatic N) is 1. The molecule has 0 atom stereocenters. The second-order valence-electron chi connectivity index (χ2n) is 5.53. The van der Waals surface area contributed by atoms with Crippen molar-refractivity contribution in [2.45, 2.75) is 32.8 Å². The van der Waals surface area contributed by atoms with Crippen molar-refractivity contribution in [2.75, 3.05) is 5.32 Å². The van der Waals surface area contributed by atoms with Crippen LogP contribution in [0.15, 0.2) is 30.5 Å². The van der Waals surface area contributed by atoms with Crippen LogP contribution in [0.4, 0.5) is 5.69 Å². The van der Waals surface area contributed by atoms with Crippen molar-refractivity contribution in [1.82, 2.24) is 9.97 Å². The number of hydrogen-bond acceptors (Lipinski definition) is 3. The van der Waals surface area contributed by atoms with Gasteiger partial charge in [0, 0.05) is 23.1 Å². The zero-order valence-electron chi connectivity index (χ0n) is 11.9. The lowest BCUT2D eigenvalue weighted by molar-refractivity contribution is -0.119. The molecule has 1 aromatic carbocycles. The van der Waals surface area contributed by atoms with Crippen LogP contribution in [-0.2, 0) is 4.79 Å². The Kier molecular flexibility index (Phi) is 3.90. The Labute approximate surface area is 118 Å². The van der Waals surface area contributed by atoms with E-state index in [4.69, 9.17) is 0 Å². The molecule has 0 fully saturated rings. The lowest BCUT2D eigenvalue weighted by Gasteiger charge is -2.16. The van der Waals surface area contributed by atoms with Gasteiger partial charge < -0.3 is 15.4 Å². The molecule has 0 unspecified atom stereocenters. The highest BCUT2D eigenvalue weighted by Gasteiger charge is 2.17. The van der Waals surface area contributed by atoms with E-state index >= 15 is 0 Å². The summed E-state index contributed by atoms with van der Waals surface area (Å²) in [5.41, 5.74) is 1.66. The summed E-state index contributed by atoms with van der Waals surface area (Å²) in [5.74, 6) is 0.593. The maximum Gasteiger partial charge on any atom is 0.227 e. The number of anilines is 1. The van der Waals surface area contributed by atoms with Crippen molar-refractivity contribution in [1.29, 1.82) is 0 Å². The molecule has 5 heteroatoms. The van der Waals surface area contributed by atoms with Crippen molar-refractivity contribution in [2.24, 2.45) is 0 Å². The molecule has 106 valence electrons. The van der Waals surface area contributed by atoms with Crippen molar-refractivity contribution >= 4 is 11.6 Å². The number of hydrogen-bond donors (Lipinski definition) is 3. The van der Waals surface area contributed by atoms with Gasteiger partial charge in [-0.2, -0.15) is 0 Å². The summed E-state index contributed by atoms with van der Waals surface area (Å²) in [5, 5.41) is 12.3. The van der Waals surface area contributed by atoms with Gasteiger partial charge in [-0.3, -0.25) is 4.79 Å². The summed E-state index contributed by atoms with van der Waals surface area (Å²) in [6.45, 7) is 5.16. The van der Waals surface area contributed by atoms with Crippen molar-refractivity contribution < 1.29 is 9.90 Å². The summed E-state index contributed by atoms with van der Waals surface area (Å²) in [7, 11) is 0. The Morgan fingerprint density at radius 1 is 1.35 bits per heavy atom. The molecule has 0 radical (unpaired) electrons. The van der Waals surface area contributed by atoms with E-state index in [2.05, 4.69) is 15.3 Å². The Morgan fingerprint density at radius 2 is 2.00 bits per heavy atom. The number of carbonyl (C=O) groups is 1. The van der Waals surface area contributed by atoms with Gasteiger partial charge in [0.05, 0.1) is 12.0 Å². The van der Waals surface area contributed by atoms with E-state index in [0.717, 1.165) is 17.1 Å². The van der Waals surface area contributed by atoms with E-state index in [9.17, 15) is 9.90 Å². The van der Waals surface area contributed by atoms with Gasteiger partial charge in [0.25, 0.3) is 0 Å². The van der Waals surface area contributed by atoms with Gasteiger partial charge in [0.15, 0.2) is 0 Å². The molecule has 2 rings (SSSR count). The summed E-state index contributed by atoms with van der Waals surface area (Å²) in [6.07, 6.45) is 1.83. The fourth-order valence-corrected chi connectivity index (χ4v) is 1.87. The number of imidazole rings is 1. The molecule has 0 saturated heterocycles. The smallest absolute Gasteiger partial charge is 0.227 e. The number of carbonyl (C=O) groups excluding carboxylic acids is 1. The summed E-state index contributed by atoms with van der Waals surface area (Å²) in [6, 6.07) is 7.40.